The van der Waals surface area contributed by atoms with E-state index in [1.54, 1.807) is 11.4 Å². The van der Waals surface area contributed by atoms with Crippen LogP contribution in [0, 0.1) is 11.3 Å². The van der Waals surface area contributed by atoms with Gasteiger partial charge in [0.2, 0.25) is 0 Å². The number of hydrogen-bond donors (Lipinski definition) is 2. The molecule has 90 valence electrons. The third-order valence-corrected chi connectivity index (χ3v) is 3.09. The van der Waals surface area contributed by atoms with Crippen LogP contribution in [0.2, 0.25) is 5.02 Å². The van der Waals surface area contributed by atoms with E-state index in [9.17, 15) is 4.79 Å². The minimum absolute atomic E-state index is 0.248. The molecule has 0 radical (unpaired) electrons. The molecular formula is C11H7ClN4OS. The number of nitriles is 1. The van der Waals surface area contributed by atoms with Crippen LogP contribution in [0.15, 0.2) is 23.6 Å². The number of benzene rings is 1. The number of rotatable bonds is 2. The van der Waals surface area contributed by atoms with Crippen LogP contribution < -0.4 is 11.1 Å². The van der Waals surface area contributed by atoms with Gasteiger partial charge in [0.15, 0.2) is 5.13 Å². The van der Waals surface area contributed by atoms with Crippen LogP contribution in [0.1, 0.15) is 16.1 Å². The fourth-order valence-corrected chi connectivity index (χ4v) is 2.04. The smallest absolute Gasteiger partial charge is 0.275 e. The predicted molar refractivity (Wildman–Crippen MR) is 70.6 cm³/mol. The van der Waals surface area contributed by atoms with E-state index in [0.29, 0.717) is 16.4 Å². The van der Waals surface area contributed by atoms with E-state index in [2.05, 4.69) is 10.3 Å². The summed E-state index contributed by atoms with van der Waals surface area (Å²) in [6.45, 7) is 0. The average molecular weight is 279 g/mol. The van der Waals surface area contributed by atoms with Crippen molar-refractivity contribution in [2.75, 3.05) is 11.1 Å². The van der Waals surface area contributed by atoms with Gasteiger partial charge in [0, 0.05) is 11.1 Å². The molecule has 0 saturated carbocycles. The van der Waals surface area contributed by atoms with Gasteiger partial charge in [0.05, 0.1) is 10.6 Å². The van der Waals surface area contributed by atoms with E-state index in [-0.39, 0.29) is 16.6 Å². The van der Waals surface area contributed by atoms with E-state index in [1.807, 2.05) is 6.07 Å². The Bertz CT molecular complexity index is 647. The molecule has 0 bridgehead atoms. The fourth-order valence-electron chi connectivity index (χ4n) is 1.27. The van der Waals surface area contributed by atoms with Crippen LogP contribution in [0.3, 0.4) is 0 Å². The zero-order chi connectivity index (χ0) is 13.1. The zero-order valence-corrected chi connectivity index (χ0v) is 10.5. The lowest BCUT2D eigenvalue weighted by Gasteiger charge is -2.04. The number of hydrogen-bond acceptors (Lipinski definition) is 5. The van der Waals surface area contributed by atoms with E-state index < -0.39 is 0 Å². The standard InChI is InChI=1S/C11H7ClN4OS/c12-8-3-7(2-1-6(8)4-13)15-10(17)9-5-18-11(14)16-9/h1-3,5H,(H2,14,16)(H,15,17). The number of carbonyl (C=O) groups is 1. The van der Waals surface area contributed by atoms with Gasteiger partial charge in [0.1, 0.15) is 11.8 Å². The molecule has 0 aliphatic heterocycles. The molecule has 0 spiro atoms. The van der Waals surface area contributed by atoms with Crippen LogP contribution in [0.25, 0.3) is 0 Å². The number of carbonyl (C=O) groups excluding carboxylic acids is 1. The topological polar surface area (TPSA) is 91.8 Å². The molecule has 1 amide bonds. The van der Waals surface area contributed by atoms with Gasteiger partial charge in [-0.05, 0) is 18.2 Å². The molecular weight excluding hydrogens is 272 g/mol. The molecule has 2 aromatic rings. The van der Waals surface area contributed by atoms with Crippen molar-refractivity contribution in [2.24, 2.45) is 0 Å². The summed E-state index contributed by atoms with van der Waals surface area (Å²) in [5, 5.41) is 13.5. The third kappa shape index (κ3) is 2.59. The highest BCUT2D eigenvalue weighted by atomic mass is 35.5. The highest BCUT2D eigenvalue weighted by Crippen LogP contribution is 2.21. The molecule has 1 heterocycles. The van der Waals surface area contributed by atoms with Gasteiger partial charge in [0.25, 0.3) is 5.91 Å². The highest BCUT2D eigenvalue weighted by Gasteiger charge is 2.10. The van der Waals surface area contributed by atoms with Crippen molar-refractivity contribution in [3.8, 4) is 6.07 Å². The molecule has 5 nitrogen and oxygen atoms in total. The van der Waals surface area contributed by atoms with Crippen molar-refractivity contribution in [1.82, 2.24) is 4.98 Å². The first-order valence-electron chi connectivity index (χ1n) is 4.82. The molecule has 1 aromatic heterocycles. The number of nitrogens with one attached hydrogen (secondary N) is 1. The second-order valence-corrected chi connectivity index (χ2v) is 4.63. The number of nitrogen functional groups attached to an aromatic ring is 1. The van der Waals surface area contributed by atoms with Gasteiger partial charge in [-0.1, -0.05) is 11.6 Å². The largest absolute Gasteiger partial charge is 0.375 e. The summed E-state index contributed by atoms with van der Waals surface area (Å²) in [6.07, 6.45) is 0. The molecule has 7 heteroatoms. The van der Waals surface area contributed by atoms with Gasteiger partial charge < -0.3 is 11.1 Å². The first-order chi connectivity index (χ1) is 8.60. The molecule has 0 saturated heterocycles. The van der Waals surface area contributed by atoms with Crippen molar-refractivity contribution in [2.45, 2.75) is 0 Å². The Morgan fingerprint density at radius 3 is 2.89 bits per heavy atom. The maximum atomic E-state index is 11.8. The molecule has 0 unspecified atom stereocenters. The number of nitrogens with two attached hydrogens (primary N) is 1. The van der Waals surface area contributed by atoms with E-state index in [4.69, 9.17) is 22.6 Å². The van der Waals surface area contributed by atoms with Gasteiger partial charge in [-0.2, -0.15) is 5.26 Å². The predicted octanol–water partition coefficient (Wildman–Crippen LogP) is 2.50. The minimum Gasteiger partial charge on any atom is -0.375 e. The van der Waals surface area contributed by atoms with Crippen LogP contribution in [0.4, 0.5) is 10.8 Å². The Morgan fingerprint density at radius 1 is 1.56 bits per heavy atom. The quantitative estimate of drug-likeness (QED) is 0.883. The van der Waals surface area contributed by atoms with Crippen molar-refractivity contribution in [3.05, 3.63) is 39.9 Å². The van der Waals surface area contributed by atoms with Gasteiger partial charge in [-0.25, -0.2) is 4.98 Å². The summed E-state index contributed by atoms with van der Waals surface area (Å²) in [6, 6.07) is 6.58. The summed E-state index contributed by atoms with van der Waals surface area (Å²) >= 11 is 7.04. The Balaban J connectivity index is 2.17. The maximum Gasteiger partial charge on any atom is 0.275 e. The molecule has 1 aromatic carbocycles. The Labute approximate surface area is 112 Å². The van der Waals surface area contributed by atoms with Gasteiger partial charge in [-0.3, -0.25) is 4.79 Å². The van der Waals surface area contributed by atoms with Crippen molar-refractivity contribution < 1.29 is 4.79 Å². The zero-order valence-electron chi connectivity index (χ0n) is 8.98. The number of thiazole rings is 1. The van der Waals surface area contributed by atoms with Crippen molar-refractivity contribution in [3.63, 3.8) is 0 Å². The maximum absolute atomic E-state index is 11.8. The molecule has 0 atom stereocenters. The fraction of sp³-hybridized carbons (Fsp3) is 0. The first kappa shape index (κ1) is 12.4. The van der Waals surface area contributed by atoms with Crippen LogP contribution in [-0.4, -0.2) is 10.9 Å². The van der Waals surface area contributed by atoms with E-state index in [0.717, 1.165) is 0 Å². The van der Waals surface area contributed by atoms with Crippen LogP contribution in [0.5, 0.6) is 0 Å². The number of nitrogens with zero attached hydrogens (tertiary/aromatic N) is 2. The molecule has 18 heavy (non-hydrogen) atoms. The van der Waals surface area contributed by atoms with Crippen molar-refractivity contribution >= 4 is 39.7 Å². The number of halogens is 1. The Hall–Kier alpha value is -2.10. The van der Waals surface area contributed by atoms with Crippen LogP contribution in [-0.2, 0) is 0 Å². The lowest BCUT2D eigenvalue weighted by atomic mass is 10.2. The first-order valence-corrected chi connectivity index (χ1v) is 6.08. The molecule has 0 aliphatic rings. The Morgan fingerprint density at radius 2 is 2.33 bits per heavy atom. The SMILES string of the molecule is N#Cc1ccc(NC(=O)c2csc(N)n2)cc1Cl. The normalized spacial score (nSPS) is 9.78. The number of anilines is 2. The molecule has 3 N–H and O–H groups in total. The lowest BCUT2D eigenvalue weighted by Crippen LogP contribution is -2.12. The highest BCUT2D eigenvalue weighted by molar-refractivity contribution is 7.13. The number of amides is 1. The second kappa shape index (κ2) is 5.04. The van der Waals surface area contributed by atoms with Crippen LogP contribution >= 0.6 is 22.9 Å². The average Bonchev–Trinajstić information content (AvgIpc) is 2.76. The Kier molecular flexibility index (Phi) is 3.46. The van der Waals surface area contributed by atoms with E-state index in [1.165, 1.54) is 23.5 Å². The molecule has 2 rings (SSSR count). The summed E-state index contributed by atoms with van der Waals surface area (Å²) in [4.78, 5) is 15.6. The van der Waals surface area contributed by atoms with E-state index >= 15 is 0 Å². The monoisotopic (exact) mass is 278 g/mol. The second-order valence-electron chi connectivity index (χ2n) is 3.33. The summed E-state index contributed by atoms with van der Waals surface area (Å²) < 4.78 is 0. The van der Waals surface area contributed by atoms with Crippen molar-refractivity contribution in [1.29, 1.82) is 5.26 Å². The third-order valence-electron chi connectivity index (χ3n) is 2.10. The minimum atomic E-state index is -0.372. The number of aromatic nitrogens is 1. The summed E-state index contributed by atoms with van der Waals surface area (Å²) in [5.41, 5.74) is 6.54. The summed E-state index contributed by atoms with van der Waals surface area (Å²) in [5.74, 6) is -0.372. The van der Waals surface area contributed by atoms with Gasteiger partial charge >= 0.3 is 0 Å². The molecule has 0 aliphatic carbocycles. The molecule has 0 fully saturated rings. The summed E-state index contributed by atoms with van der Waals surface area (Å²) in [7, 11) is 0. The van der Waals surface area contributed by atoms with Gasteiger partial charge in [-0.15, -0.1) is 11.3 Å². The lowest BCUT2D eigenvalue weighted by molar-refractivity contribution is 0.102.